The van der Waals surface area contributed by atoms with Gasteiger partial charge in [-0.05, 0) is 42.5 Å². The summed E-state index contributed by atoms with van der Waals surface area (Å²) in [5.41, 5.74) is 0.0493. The molecule has 0 radical (unpaired) electrons. The summed E-state index contributed by atoms with van der Waals surface area (Å²) in [6.45, 7) is 1.39. The van der Waals surface area contributed by atoms with Crippen molar-refractivity contribution in [2.75, 3.05) is 16.4 Å². The largest absolute Gasteiger partial charge is 0.463 e. The third-order valence-corrected chi connectivity index (χ3v) is 4.67. The van der Waals surface area contributed by atoms with Gasteiger partial charge in [0.05, 0.1) is 6.26 Å². The molecule has 0 aliphatic carbocycles. The van der Waals surface area contributed by atoms with Crippen LogP contribution in [0.25, 0.3) is 11.5 Å². The van der Waals surface area contributed by atoms with E-state index in [1.54, 1.807) is 30.3 Å². The number of amides is 2. The Kier molecular flexibility index (Phi) is 6.95. The molecule has 3 aromatic rings. The topological polar surface area (TPSA) is 97.1 Å². The summed E-state index contributed by atoms with van der Waals surface area (Å²) in [6.07, 6.45) is -3.27. The van der Waals surface area contributed by atoms with Crippen molar-refractivity contribution in [2.24, 2.45) is 0 Å². The molecule has 31 heavy (non-hydrogen) atoms. The molecule has 2 aromatic heterocycles. The van der Waals surface area contributed by atoms with Gasteiger partial charge in [0.25, 0.3) is 0 Å². The number of rotatable bonds is 7. The molecule has 0 unspecified atom stereocenters. The second kappa shape index (κ2) is 9.65. The van der Waals surface area contributed by atoms with Crippen molar-refractivity contribution in [1.29, 1.82) is 0 Å². The van der Waals surface area contributed by atoms with E-state index in [9.17, 15) is 22.8 Å². The lowest BCUT2D eigenvalue weighted by Gasteiger charge is -2.09. The van der Waals surface area contributed by atoms with Crippen LogP contribution >= 0.6 is 11.8 Å². The summed E-state index contributed by atoms with van der Waals surface area (Å²) >= 11 is 0.938. The molecular weight excluding hydrogens is 433 g/mol. The van der Waals surface area contributed by atoms with Gasteiger partial charge in [-0.2, -0.15) is 13.2 Å². The van der Waals surface area contributed by atoms with Gasteiger partial charge >= 0.3 is 6.18 Å². The van der Waals surface area contributed by atoms with Crippen molar-refractivity contribution in [1.82, 2.24) is 9.97 Å². The Morgan fingerprint density at radius 3 is 2.32 bits per heavy atom. The highest BCUT2D eigenvalue weighted by atomic mass is 32.2. The van der Waals surface area contributed by atoms with Crippen LogP contribution in [0.15, 0.2) is 58.3 Å². The number of benzene rings is 1. The first-order chi connectivity index (χ1) is 14.7. The smallest absolute Gasteiger partial charge is 0.433 e. The predicted molar refractivity (Wildman–Crippen MR) is 109 cm³/mol. The van der Waals surface area contributed by atoms with Crippen LogP contribution in [-0.4, -0.2) is 27.5 Å². The minimum Gasteiger partial charge on any atom is -0.463 e. The quantitative estimate of drug-likeness (QED) is 0.395. The van der Waals surface area contributed by atoms with E-state index < -0.39 is 11.9 Å². The highest BCUT2D eigenvalue weighted by Crippen LogP contribution is 2.32. The molecule has 0 aliphatic heterocycles. The normalized spacial score (nSPS) is 11.2. The van der Waals surface area contributed by atoms with E-state index in [4.69, 9.17) is 4.42 Å². The van der Waals surface area contributed by atoms with E-state index in [-0.39, 0.29) is 40.6 Å². The van der Waals surface area contributed by atoms with Gasteiger partial charge in [0, 0.05) is 30.5 Å². The van der Waals surface area contributed by atoms with Gasteiger partial charge in [-0.3, -0.25) is 9.59 Å². The zero-order valence-corrected chi connectivity index (χ0v) is 17.0. The van der Waals surface area contributed by atoms with Gasteiger partial charge in [0.15, 0.2) is 10.9 Å². The highest BCUT2D eigenvalue weighted by molar-refractivity contribution is 7.99. The minimum atomic E-state index is -4.64. The van der Waals surface area contributed by atoms with Crippen molar-refractivity contribution in [3.8, 4) is 11.5 Å². The van der Waals surface area contributed by atoms with Gasteiger partial charge < -0.3 is 15.1 Å². The number of nitrogens with zero attached hydrogens (tertiary/aromatic N) is 2. The molecule has 1 aromatic carbocycles. The van der Waals surface area contributed by atoms with Crippen molar-refractivity contribution in [2.45, 2.75) is 24.7 Å². The van der Waals surface area contributed by atoms with Crippen LogP contribution in [0.4, 0.5) is 24.5 Å². The first-order valence-electron chi connectivity index (χ1n) is 9.01. The van der Waals surface area contributed by atoms with E-state index in [0.717, 1.165) is 17.8 Å². The van der Waals surface area contributed by atoms with E-state index in [1.807, 2.05) is 0 Å². The van der Waals surface area contributed by atoms with Gasteiger partial charge in [-0.15, -0.1) is 0 Å². The molecule has 0 spiro atoms. The summed E-state index contributed by atoms with van der Waals surface area (Å²) in [5.74, 6) is -0.164. The zero-order chi connectivity index (χ0) is 22.4. The molecule has 0 bridgehead atoms. The van der Waals surface area contributed by atoms with Crippen LogP contribution in [0, 0.1) is 0 Å². The molecule has 11 heteroatoms. The number of hydrogen-bond donors (Lipinski definition) is 2. The summed E-state index contributed by atoms with van der Waals surface area (Å²) < 4.78 is 44.6. The van der Waals surface area contributed by atoms with Crippen LogP contribution in [0.1, 0.15) is 19.0 Å². The first-order valence-corrected chi connectivity index (χ1v) is 10.00. The highest BCUT2D eigenvalue weighted by Gasteiger charge is 2.34. The Hall–Kier alpha value is -3.34. The van der Waals surface area contributed by atoms with Gasteiger partial charge in [-0.25, -0.2) is 9.97 Å². The molecule has 2 N–H and O–H groups in total. The van der Waals surface area contributed by atoms with E-state index in [2.05, 4.69) is 20.6 Å². The monoisotopic (exact) mass is 450 g/mol. The Morgan fingerprint density at radius 2 is 1.74 bits per heavy atom. The van der Waals surface area contributed by atoms with Crippen molar-refractivity contribution in [3.63, 3.8) is 0 Å². The molecule has 3 rings (SSSR count). The Morgan fingerprint density at radius 1 is 1.06 bits per heavy atom. The van der Waals surface area contributed by atoms with Crippen LogP contribution in [-0.2, 0) is 15.8 Å². The molecule has 0 aliphatic rings. The van der Waals surface area contributed by atoms with Crippen molar-refractivity contribution >= 4 is 35.0 Å². The second-order valence-electron chi connectivity index (χ2n) is 6.30. The average molecular weight is 450 g/mol. The number of furan rings is 1. The maximum atomic E-state index is 13.2. The molecule has 2 heterocycles. The average Bonchev–Trinajstić information content (AvgIpc) is 3.23. The van der Waals surface area contributed by atoms with Crippen molar-refractivity contribution in [3.05, 3.63) is 54.4 Å². The number of halogens is 3. The third kappa shape index (κ3) is 6.57. The van der Waals surface area contributed by atoms with Gasteiger partial charge in [-0.1, -0.05) is 11.8 Å². The fraction of sp³-hybridized carbons (Fsp3) is 0.200. The van der Waals surface area contributed by atoms with Crippen LogP contribution in [0.3, 0.4) is 0 Å². The Bertz CT molecular complexity index is 1050. The van der Waals surface area contributed by atoms with Crippen LogP contribution < -0.4 is 10.6 Å². The Balaban J connectivity index is 1.60. The summed E-state index contributed by atoms with van der Waals surface area (Å²) in [6, 6.07) is 10.4. The van der Waals surface area contributed by atoms with Gasteiger partial charge in [0.2, 0.25) is 11.8 Å². The number of alkyl halides is 3. The number of anilines is 2. The molecular formula is C20H17F3N4O3S. The number of hydrogen-bond acceptors (Lipinski definition) is 6. The molecule has 7 nitrogen and oxygen atoms in total. The number of thioether (sulfide) groups is 1. The fourth-order valence-corrected chi connectivity index (χ4v) is 3.28. The molecule has 2 amide bonds. The number of carbonyl (C=O) groups is 2. The van der Waals surface area contributed by atoms with E-state index in [1.165, 1.54) is 19.3 Å². The zero-order valence-electron chi connectivity index (χ0n) is 16.2. The van der Waals surface area contributed by atoms with Crippen LogP contribution in [0.2, 0.25) is 0 Å². The molecule has 0 saturated carbocycles. The van der Waals surface area contributed by atoms with Crippen LogP contribution in [0.5, 0.6) is 0 Å². The molecule has 0 fully saturated rings. The van der Waals surface area contributed by atoms with Crippen molar-refractivity contribution < 1.29 is 27.2 Å². The van der Waals surface area contributed by atoms with E-state index >= 15 is 0 Å². The maximum Gasteiger partial charge on any atom is 0.433 e. The Labute approximate surface area is 179 Å². The third-order valence-electron chi connectivity index (χ3n) is 3.82. The molecule has 0 saturated heterocycles. The lowest BCUT2D eigenvalue weighted by Crippen LogP contribution is -2.13. The number of carbonyl (C=O) groups excluding carboxylic acids is 2. The lowest BCUT2D eigenvalue weighted by atomic mass is 10.2. The predicted octanol–water partition coefficient (Wildman–Crippen LogP) is 4.83. The first kappa shape index (κ1) is 22.3. The van der Waals surface area contributed by atoms with Gasteiger partial charge in [0.1, 0.15) is 11.4 Å². The molecule has 162 valence electrons. The summed E-state index contributed by atoms with van der Waals surface area (Å²) in [7, 11) is 0. The number of nitrogens with one attached hydrogen (secondary N) is 2. The minimum absolute atomic E-state index is 0.0125. The summed E-state index contributed by atoms with van der Waals surface area (Å²) in [5, 5.41) is 5.19. The fourth-order valence-electron chi connectivity index (χ4n) is 2.48. The second-order valence-corrected chi connectivity index (χ2v) is 7.36. The lowest BCUT2D eigenvalue weighted by molar-refractivity contribution is -0.141. The SMILES string of the molecule is CC(=O)Nc1ccc(NC(=O)CCSc2nc(-c3ccco3)cc(C(F)(F)F)n2)cc1. The summed E-state index contributed by atoms with van der Waals surface area (Å²) in [4.78, 5) is 30.8. The number of aromatic nitrogens is 2. The standard InChI is InChI=1S/C20H17F3N4O3S/c1-12(28)24-13-4-6-14(7-5-13)25-18(29)8-10-31-19-26-15(16-3-2-9-30-16)11-17(27-19)20(21,22)23/h2-7,9,11H,8,10H2,1H3,(H,24,28)(H,25,29). The van der Waals surface area contributed by atoms with E-state index in [0.29, 0.717) is 11.4 Å². The molecule has 0 atom stereocenters. The maximum absolute atomic E-state index is 13.2.